The van der Waals surface area contributed by atoms with Gasteiger partial charge in [-0.15, -0.1) is 11.6 Å². The fourth-order valence-electron chi connectivity index (χ4n) is 1.33. The van der Waals surface area contributed by atoms with Crippen LogP contribution < -0.4 is 9.47 Å². The van der Waals surface area contributed by atoms with Gasteiger partial charge in [0.2, 0.25) is 0 Å². The summed E-state index contributed by atoms with van der Waals surface area (Å²) in [6, 6.07) is 5.13. The molecule has 1 aromatic carbocycles. The Morgan fingerprint density at radius 1 is 1.21 bits per heavy atom. The first kappa shape index (κ1) is 16.3. The van der Waals surface area contributed by atoms with Gasteiger partial charge in [0, 0.05) is 11.6 Å². The third-order valence-electron chi connectivity index (χ3n) is 2.07. The van der Waals surface area contributed by atoms with Gasteiger partial charge in [-0.3, -0.25) is 0 Å². The van der Waals surface area contributed by atoms with Gasteiger partial charge in [-0.1, -0.05) is 6.07 Å². The van der Waals surface area contributed by atoms with Crippen LogP contribution >= 0.6 is 23.4 Å². The van der Waals surface area contributed by atoms with E-state index in [0.717, 1.165) is 5.56 Å². The van der Waals surface area contributed by atoms with Crippen LogP contribution in [0.25, 0.3) is 0 Å². The largest absolute Gasteiger partial charge is 0.490 e. The van der Waals surface area contributed by atoms with Crippen LogP contribution in [-0.4, -0.2) is 24.5 Å². The van der Waals surface area contributed by atoms with E-state index in [9.17, 15) is 13.2 Å². The highest BCUT2D eigenvalue weighted by Crippen LogP contribution is 2.32. The van der Waals surface area contributed by atoms with Gasteiger partial charge in [0.05, 0.1) is 13.2 Å². The van der Waals surface area contributed by atoms with Crippen molar-refractivity contribution in [2.75, 3.05) is 19.0 Å². The van der Waals surface area contributed by atoms with E-state index in [0.29, 0.717) is 24.0 Å². The topological polar surface area (TPSA) is 18.5 Å². The van der Waals surface area contributed by atoms with Crippen molar-refractivity contribution < 1.29 is 22.6 Å². The fourth-order valence-corrected chi connectivity index (χ4v) is 1.90. The van der Waals surface area contributed by atoms with E-state index < -0.39 is 5.51 Å². The SMILES string of the molecule is CCOc1cc(CCl)ccc1OCCSC(F)(F)F. The molecule has 19 heavy (non-hydrogen) atoms. The predicted octanol–water partition coefficient (Wildman–Crippen LogP) is 4.46. The Balaban J connectivity index is 2.56. The van der Waals surface area contributed by atoms with Crippen molar-refractivity contribution >= 4 is 23.4 Å². The maximum Gasteiger partial charge on any atom is 0.441 e. The molecule has 108 valence electrons. The molecule has 0 atom stereocenters. The van der Waals surface area contributed by atoms with Crippen LogP contribution in [-0.2, 0) is 5.88 Å². The summed E-state index contributed by atoms with van der Waals surface area (Å²) >= 11 is 5.60. The van der Waals surface area contributed by atoms with E-state index in [1.54, 1.807) is 18.2 Å². The number of hydrogen-bond acceptors (Lipinski definition) is 3. The summed E-state index contributed by atoms with van der Waals surface area (Å²) in [5.41, 5.74) is -3.36. The Bertz CT molecular complexity index is 399. The zero-order valence-electron chi connectivity index (χ0n) is 10.3. The van der Waals surface area contributed by atoms with E-state index in [4.69, 9.17) is 21.1 Å². The van der Waals surface area contributed by atoms with E-state index in [2.05, 4.69) is 0 Å². The van der Waals surface area contributed by atoms with Crippen molar-refractivity contribution in [1.82, 2.24) is 0 Å². The van der Waals surface area contributed by atoms with Gasteiger partial charge in [0.25, 0.3) is 0 Å². The van der Waals surface area contributed by atoms with Gasteiger partial charge in [-0.25, -0.2) is 0 Å². The van der Waals surface area contributed by atoms with E-state index in [1.807, 2.05) is 6.92 Å². The third kappa shape index (κ3) is 6.29. The van der Waals surface area contributed by atoms with Gasteiger partial charge in [0.1, 0.15) is 0 Å². The summed E-state index contributed by atoms with van der Waals surface area (Å²) in [6.45, 7) is 2.22. The molecule has 0 radical (unpaired) electrons. The van der Waals surface area contributed by atoms with Crippen molar-refractivity contribution in [3.63, 3.8) is 0 Å². The van der Waals surface area contributed by atoms with E-state index in [-0.39, 0.29) is 24.1 Å². The number of benzene rings is 1. The lowest BCUT2D eigenvalue weighted by atomic mass is 10.2. The number of alkyl halides is 4. The molecule has 0 N–H and O–H groups in total. The molecule has 1 aromatic rings. The lowest BCUT2D eigenvalue weighted by Crippen LogP contribution is -2.08. The Kier molecular flexibility index (Phi) is 6.65. The molecule has 0 fully saturated rings. The molecule has 0 amide bonds. The summed E-state index contributed by atoms with van der Waals surface area (Å²) in [7, 11) is 0. The van der Waals surface area contributed by atoms with Crippen LogP contribution in [0.1, 0.15) is 12.5 Å². The molecule has 7 heteroatoms. The smallest absolute Gasteiger partial charge is 0.441 e. The molecule has 0 saturated heterocycles. The molecular weight excluding hydrogens is 301 g/mol. The van der Waals surface area contributed by atoms with Crippen LogP contribution in [0.15, 0.2) is 18.2 Å². The number of halogens is 4. The highest BCUT2D eigenvalue weighted by atomic mass is 35.5. The Morgan fingerprint density at radius 2 is 1.95 bits per heavy atom. The van der Waals surface area contributed by atoms with Crippen LogP contribution in [0.2, 0.25) is 0 Å². The monoisotopic (exact) mass is 314 g/mol. The second-order valence-corrected chi connectivity index (χ2v) is 4.92. The Hall–Kier alpha value is -0.750. The zero-order valence-corrected chi connectivity index (χ0v) is 11.9. The third-order valence-corrected chi connectivity index (χ3v) is 3.08. The summed E-state index contributed by atoms with van der Waals surface area (Å²) in [5, 5.41) is 0. The molecule has 0 heterocycles. The van der Waals surface area contributed by atoms with Crippen molar-refractivity contribution in [2.24, 2.45) is 0 Å². The molecule has 0 aromatic heterocycles. The standard InChI is InChI=1S/C12H14ClF3O2S/c1-2-17-11-7-9(8-13)3-4-10(11)18-5-6-19-12(14,15)16/h3-4,7H,2,5-6,8H2,1H3. The zero-order chi connectivity index (χ0) is 14.3. The lowest BCUT2D eigenvalue weighted by Gasteiger charge is -2.13. The van der Waals surface area contributed by atoms with Gasteiger partial charge >= 0.3 is 5.51 Å². The summed E-state index contributed by atoms with van der Waals surface area (Å²) < 4.78 is 46.5. The molecule has 0 saturated carbocycles. The average molecular weight is 315 g/mol. The second-order valence-electron chi connectivity index (χ2n) is 3.49. The van der Waals surface area contributed by atoms with E-state index >= 15 is 0 Å². The minimum Gasteiger partial charge on any atom is -0.490 e. The second kappa shape index (κ2) is 7.75. The summed E-state index contributed by atoms with van der Waals surface area (Å²) in [4.78, 5) is 0. The van der Waals surface area contributed by atoms with Crippen LogP contribution in [0.4, 0.5) is 13.2 Å². The molecule has 0 aliphatic rings. The maximum atomic E-state index is 11.9. The van der Waals surface area contributed by atoms with Crippen LogP contribution in [0.5, 0.6) is 11.5 Å². The molecule has 0 spiro atoms. The summed E-state index contributed by atoms with van der Waals surface area (Å²) in [5.74, 6) is 1.10. The first-order valence-corrected chi connectivity index (χ1v) is 7.13. The predicted molar refractivity (Wildman–Crippen MR) is 71.2 cm³/mol. The Morgan fingerprint density at radius 3 is 2.53 bits per heavy atom. The number of ether oxygens (including phenoxy) is 2. The highest BCUT2D eigenvalue weighted by molar-refractivity contribution is 8.00. The summed E-state index contributed by atoms with van der Waals surface area (Å²) in [6.07, 6.45) is 0. The van der Waals surface area contributed by atoms with Gasteiger partial charge in [0.15, 0.2) is 11.5 Å². The van der Waals surface area contributed by atoms with Gasteiger partial charge in [-0.2, -0.15) is 13.2 Å². The molecule has 0 unspecified atom stereocenters. The first-order chi connectivity index (χ1) is 8.96. The Labute approximate surface area is 119 Å². The maximum absolute atomic E-state index is 11.9. The van der Waals surface area contributed by atoms with Crippen molar-refractivity contribution in [2.45, 2.75) is 18.3 Å². The van der Waals surface area contributed by atoms with Crippen molar-refractivity contribution in [3.8, 4) is 11.5 Å². The van der Waals surface area contributed by atoms with Crippen LogP contribution in [0.3, 0.4) is 0 Å². The average Bonchev–Trinajstić information content (AvgIpc) is 2.35. The quantitative estimate of drug-likeness (QED) is 0.547. The van der Waals surface area contributed by atoms with Gasteiger partial charge < -0.3 is 9.47 Å². The number of hydrogen-bond donors (Lipinski definition) is 0. The minimum atomic E-state index is -4.23. The van der Waals surface area contributed by atoms with Crippen molar-refractivity contribution in [1.29, 1.82) is 0 Å². The molecule has 0 aliphatic heterocycles. The first-order valence-electron chi connectivity index (χ1n) is 5.61. The molecule has 1 rings (SSSR count). The molecular formula is C12H14ClF3O2S. The van der Waals surface area contributed by atoms with Gasteiger partial charge in [-0.05, 0) is 36.4 Å². The van der Waals surface area contributed by atoms with E-state index in [1.165, 1.54) is 0 Å². The van der Waals surface area contributed by atoms with Crippen LogP contribution in [0, 0.1) is 0 Å². The molecule has 2 nitrogen and oxygen atoms in total. The normalized spacial score (nSPS) is 11.4. The number of rotatable bonds is 7. The fraction of sp³-hybridized carbons (Fsp3) is 0.500. The lowest BCUT2D eigenvalue weighted by molar-refractivity contribution is -0.0329. The molecule has 0 aliphatic carbocycles. The van der Waals surface area contributed by atoms with Crippen molar-refractivity contribution in [3.05, 3.63) is 23.8 Å². The molecule has 0 bridgehead atoms. The highest BCUT2D eigenvalue weighted by Gasteiger charge is 2.27. The minimum absolute atomic E-state index is 0.0372. The number of thioether (sulfide) groups is 1.